The van der Waals surface area contributed by atoms with Gasteiger partial charge in [-0.25, -0.2) is 0 Å². The molecule has 0 spiro atoms. The molecule has 1 amide bonds. The molecule has 3 rings (SSSR count). The number of piperidine rings is 1. The molecule has 19 heavy (non-hydrogen) atoms. The van der Waals surface area contributed by atoms with Crippen molar-refractivity contribution in [3.05, 3.63) is 21.4 Å². The van der Waals surface area contributed by atoms with Crippen molar-refractivity contribution in [3.8, 4) is 0 Å². The number of nitrogens with zero attached hydrogens (tertiary/aromatic N) is 1. The highest BCUT2D eigenvalue weighted by atomic mass is 32.1. The number of aliphatic hydroxyl groups excluding tert-OH is 1. The van der Waals surface area contributed by atoms with Gasteiger partial charge < -0.3 is 10.0 Å². The Labute approximate surface area is 118 Å². The highest BCUT2D eigenvalue weighted by molar-refractivity contribution is 7.14. The molecule has 1 unspecified atom stereocenters. The van der Waals surface area contributed by atoms with Crippen LogP contribution in [0.2, 0.25) is 0 Å². The summed E-state index contributed by atoms with van der Waals surface area (Å²) in [7, 11) is 0. The van der Waals surface area contributed by atoms with Gasteiger partial charge in [0.1, 0.15) is 0 Å². The maximum absolute atomic E-state index is 12.5. The molecule has 1 saturated heterocycles. The number of thiophene rings is 1. The Kier molecular flexibility index (Phi) is 3.89. The van der Waals surface area contributed by atoms with Crippen molar-refractivity contribution in [1.29, 1.82) is 0 Å². The van der Waals surface area contributed by atoms with E-state index in [-0.39, 0.29) is 12.0 Å². The zero-order chi connectivity index (χ0) is 13.2. The molecule has 1 aliphatic carbocycles. The summed E-state index contributed by atoms with van der Waals surface area (Å²) >= 11 is 1.68. The van der Waals surface area contributed by atoms with Crippen LogP contribution in [-0.2, 0) is 12.8 Å². The van der Waals surface area contributed by atoms with Crippen LogP contribution in [0.15, 0.2) is 6.07 Å². The van der Waals surface area contributed by atoms with Crippen LogP contribution in [0.3, 0.4) is 0 Å². The minimum atomic E-state index is -0.338. The molecule has 3 nitrogen and oxygen atoms in total. The third kappa shape index (κ3) is 2.84. The molecule has 1 aromatic heterocycles. The number of amides is 1. The molecular weight excluding hydrogens is 258 g/mol. The first-order valence-corrected chi connectivity index (χ1v) is 8.14. The standard InChI is InChI=1S/C15H21NO2S/c17-12-6-4-8-16(10-12)15(18)14-9-11-5-2-1-3-7-13(11)19-14/h9,12,17H,1-8,10H2. The Balaban J connectivity index is 1.76. The van der Waals surface area contributed by atoms with Crippen molar-refractivity contribution in [3.63, 3.8) is 0 Å². The second kappa shape index (κ2) is 5.63. The zero-order valence-corrected chi connectivity index (χ0v) is 12.0. The molecule has 1 aliphatic heterocycles. The van der Waals surface area contributed by atoms with Crippen LogP contribution < -0.4 is 0 Å². The van der Waals surface area contributed by atoms with Crippen molar-refractivity contribution in [2.45, 2.75) is 51.0 Å². The highest BCUT2D eigenvalue weighted by Crippen LogP contribution is 2.30. The fourth-order valence-electron chi connectivity index (χ4n) is 3.07. The Bertz CT molecular complexity index is 445. The van der Waals surface area contributed by atoms with E-state index < -0.39 is 0 Å². The van der Waals surface area contributed by atoms with Gasteiger partial charge in [0.15, 0.2) is 0 Å². The summed E-state index contributed by atoms with van der Waals surface area (Å²) in [5.74, 6) is 0.122. The summed E-state index contributed by atoms with van der Waals surface area (Å²) in [6.07, 6.45) is 7.47. The molecule has 1 N–H and O–H groups in total. The number of carbonyl (C=O) groups is 1. The number of hydrogen-bond acceptors (Lipinski definition) is 3. The average molecular weight is 279 g/mol. The summed E-state index contributed by atoms with van der Waals surface area (Å²) in [6, 6.07) is 2.11. The fourth-order valence-corrected chi connectivity index (χ4v) is 4.29. The predicted octanol–water partition coefficient (Wildman–Crippen LogP) is 2.61. The molecule has 104 valence electrons. The topological polar surface area (TPSA) is 40.5 Å². The maximum Gasteiger partial charge on any atom is 0.264 e. The minimum Gasteiger partial charge on any atom is -0.391 e. The van der Waals surface area contributed by atoms with E-state index in [4.69, 9.17) is 0 Å². The first-order chi connectivity index (χ1) is 9.24. The molecule has 1 aromatic rings. The van der Waals surface area contributed by atoms with E-state index >= 15 is 0 Å². The number of aliphatic hydroxyl groups is 1. The van der Waals surface area contributed by atoms with Gasteiger partial charge in [-0.1, -0.05) is 6.42 Å². The predicted molar refractivity (Wildman–Crippen MR) is 76.7 cm³/mol. The van der Waals surface area contributed by atoms with E-state index in [0.29, 0.717) is 6.54 Å². The van der Waals surface area contributed by atoms with Crippen molar-refractivity contribution in [1.82, 2.24) is 4.90 Å². The summed E-state index contributed by atoms with van der Waals surface area (Å²) in [4.78, 5) is 16.6. The van der Waals surface area contributed by atoms with Gasteiger partial charge in [0.05, 0.1) is 11.0 Å². The van der Waals surface area contributed by atoms with Gasteiger partial charge in [-0.05, 0) is 50.2 Å². The third-order valence-corrected chi connectivity index (χ3v) is 5.37. The Morgan fingerprint density at radius 2 is 2.11 bits per heavy atom. The number of aryl methyl sites for hydroxylation is 2. The summed E-state index contributed by atoms with van der Waals surface area (Å²) in [6.45, 7) is 1.29. The molecular formula is C15H21NO2S. The summed E-state index contributed by atoms with van der Waals surface area (Å²) in [5, 5.41) is 9.68. The molecule has 1 fully saturated rings. The third-order valence-electron chi connectivity index (χ3n) is 4.14. The van der Waals surface area contributed by atoms with Gasteiger partial charge >= 0.3 is 0 Å². The lowest BCUT2D eigenvalue weighted by Gasteiger charge is -2.29. The monoisotopic (exact) mass is 279 g/mol. The van der Waals surface area contributed by atoms with Crippen molar-refractivity contribution < 1.29 is 9.90 Å². The lowest BCUT2D eigenvalue weighted by Crippen LogP contribution is -2.41. The smallest absolute Gasteiger partial charge is 0.264 e. The van der Waals surface area contributed by atoms with E-state index in [1.54, 1.807) is 11.3 Å². The molecule has 1 atom stereocenters. The zero-order valence-electron chi connectivity index (χ0n) is 11.2. The first-order valence-electron chi connectivity index (χ1n) is 7.33. The number of likely N-dealkylation sites (tertiary alicyclic amines) is 1. The van der Waals surface area contributed by atoms with Crippen molar-refractivity contribution >= 4 is 17.2 Å². The van der Waals surface area contributed by atoms with Crippen LogP contribution >= 0.6 is 11.3 Å². The SMILES string of the molecule is O=C(c1cc2c(s1)CCCCC2)N1CCCC(O)C1. The number of fused-ring (bicyclic) bond motifs is 1. The van der Waals surface area contributed by atoms with E-state index in [2.05, 4.69) is 6.07 Å². The Morgan fingerprint density at radius 1 is 1.26 bits per heavy atom. The Morgan fingerprint density at radius 3 is 2.95 bits per heavy atom. The highest BCUT2D eigenvalue weighted by Gasteiger charge is 2.25. The van der Waals surface area contributed by atoms with Crippen LogP contribution in [0.25, 0.3) is 0 Å². The lowest BCUT2D eigenvalue weighted by atomic mass is 10.1. The van der Waals surface area contributed by atoms with E-state index in [1.165, 1.54) is 29.7 Å². The number of rotatable bonds is 1. The second-order valence-corrected chi connectivity index (χ2v) is 6.80. The lowest BCUT2D eigenvalue weighted by molar-refractivity contribution is 0.0477. The Hall–Kier alpha value is -0.870. The van der Waals surface area contributed by atoms with Crippen molar-refractivity contribution in [2.24, 2.45) is 0 Å². The molecule has 0 aromatic carbocycles. The van der Waals surface area contributed by atoms with Crippen molar-refractivity contribution in [2.75, 3.05) is 13.1 Å². The summed E-state index contributed by atoms with van der Waals surface area (Å²) < 4.78 is 0. The molecule has 2 aliphatic rings. The van der Waals surface area contributed by atoms with Crippen LogP contribution in [0.4, 0.5) is 0 Å². The van der Waals surface area contributed by atoms with E-state index in [0.717, 1.165) is 37.1 Å². The maximum atomic E-state index is 12.5. The largest absolute Gasteiger partial charge is 0.391 e. The number of β-amino-alcohol motifs (C(OH)–C–C–N with tert-alkyl or cyclic N) is 1. The average Bonchev–Trinajstić information content (AvgIpc) is 2.69. The number of hydrogen-bond donors (Lipinski definition) is 1. The van der Waals surface area contributed by atoms with Crippen LogP contribution in [0, 0.1) is 0 Å². The molecule has 0 bridgehead atoms. The molecule has 2 heterocycles. The van der Waals surface area contributed by atoms with Gasteiger partial charge in [-0.2, -0.15) is 0 Å². The van der Waals surface area contributed by atoms with E-state index in [9.17, 15) is 9.90 Å². The molecule has 0 saturated carbocycles. The van der Waals surface area contributed by atoms with Crippen LogP contribution in [0.1, 0.15) is 52.2 Å². The van der Waals surface area contributed by atoms with Gasteiger partial charge in [0, 0.05) is 18.0 Å². The quantitative estimate of drug-likeness (QED) is 0.803. The summed E-state index contributed by atoms with van der Waals surface area (Å²) in [5.41, 5.74) is 1.39. The molecule has 0 radical (unpaired) electrons. The minimum absolute atomic E-state index is 0.122. The van der Waals surface area contributed by atoms with E-state index in [1.807, 2.05) is 4.90 Å². The van der Waals surface area contributed by atoms with Gasteiger partial charge in [-0.3, -0.25) is 4.79 Å². The van der Waals surface area contributed by atoms with Crippen LogP contribution in [0.5, 0.6) is 0 Å². The van der Waals surface area contributed by atoms with Gasteiger partial charge in [-0.15, -0.1) is 11.3 Å². The van der Waals surface area contributed by atoms with Gasteiger partial charge in [0.25, 0.3) is 5.91 Å². The normalized spacial score (nSPS) is 23.8. The second-order valence-electron chi connectivity index (χ2n) is 5.67. The number of carbonyl (C=O) groups excluding carboxylic acids is 1. The first kappa shape index (κ1) is 13.1. The van der Waals surface area contributed by atoms with Crippen LogP contribution in [-0.4, -0.2) is 35.1 Å². The molecule has 4 heteroatoms. The van der Waals surface area contributed by atoms with Gasteiger partial charge in [0.2, 0.25) is 0 Å². The fraction of sp³-hybridized carbons (Fsp3) is 0.667.